The van der Waals surface area contributed by atoms with E-state index in [0.717, 1.165) is 18.4 Å². The first-order valence-electron chi connectivity index (χ1n) is 8.56. The van der Waals surface area contributed by atoms with Gasteiger partial charge >= 0.3 is 0 Å². The molecule has 2 nitrogen and oxygen atoms in total. The topological polar surface area (TPSA) is 21.3 Å². The number of unbranched alkanes of at least 4 members (excludes halogenated alkanes) is 1. The first-order chi connectivity index (χ1) is 9.24. The maximum Gasteiger partial charge on any atom is 0.0685 e. The molecule has 1 saturated carbocycles. The van der Waals surface area contributed by atoms with Gasteiger partial charge in [-0.15, -0.1) is 0 Å². The van der Waals surface area contributed by atoms with E-state index in [-0.39, 0.29) is 0 Å². The summed E-state index contributed by atoms with van der Waals surface area (Å²) >= 11 is 0. The van der Waals surface area contributed by atoms with Crippen molar-refractivity contribution in [3.05, 3.63) is 0 Å². The quantitative estimate of drug-likeness (QED) is 0.748. The van der Waals surface area contributed by atoms with E-state index in [0.29, 0.717) is 11.6 Å². The number of nitrogens with one attached hydrogen (secondary N) is 1. The molecular formula is C17H33NO. The highest BCUT2D eigenvalue weighted by Gasteiger charge is 2.44. The van der Waals surface area contributed by atoms with Gasteiger partial charge in [0.2, 0.25) is 0 Å². The lowest BCUT2D eigenvalue weighted by atomic mass is 9.68. The Balaban J connectivity index is 1.94. The summed E-state index contributed by atoms with van der Waals surface area (Å²) in [6.45, 7) is 5.66. The van der Waals surface area contributed by atoms with Gasteiger partial charge in [0.15, 0.2) is 0 Å². The fraction of sp³-hybridized carbons (Fsp3) is 1.00. The van der Waals surface area contributed by atoms with Crippen molar-refractivity contribution in [3.63, 3.8) is 0 Å². The van der Waals surface area contributed by atoms with Crippen LogP contribution in [0, 0.1) is 11.8 Å². The van der Waals surface area contributed by atoms with Crippen molar-refractivity contribution in [1.82, 2.24) is 5.32 Å². The van der Waals surface area contributed by atoms with Gasteiger partial charge in [-0.25, -0.2) is 0 Å². The highest BCUT2D eigenvalue weighted by molar-refractivity contribution is 4.97. The van der Waals surface area contributed by atoms with Gasteiger partial charge in [-0.1, -0.05) is 33.1 Å². The Labute approximate surface area is 119 Å². The summed E-state index contributed by atoms with van der Waals surface area (Å²) in [6, 6.07) is 0.706. The molecule has 0 aromatic carbocycles. The zero-order valence-corrected chi connectivity index (χ0v) is 13.2. The van der Waals surface area contributed by atoms with Crippen LogP contribution in [0.25, 0.3) is 0 Å². The molecule has 1 aliphatic carbocycles. The predicted octanol–water partition coefficient (Wildman–Crippen LogP) is 4.14. The maximum absolute atomic E-state index is 6.09. The molecule has 2 heteroatoms. The van der Waals surface area contributed by atoms with E-state index in [1.54, 1.807) is 0 Å². The van der Waals surface area contributed by atoms with Crippen LogP contribution in [0.2, 0.25) is 0 Å². The van der Waals surface area contributed by atoms with Crippen molar-refractivity contribution in [1.29, 1.82) is 0 Å². The monoisotopic (exact) mass is 267 g/mol. The van der Waals surface area contributed by atoms with E-state index in [1.807, 2.05) is 0 Å². The van der Waals surface area contributed by atoms with Crippen LogP contribution in [-0.4, -0.2) is 25.3 Å². The van der Waals surface area contributed by atoms with Crippen LogP contribution in [0.5, 0.6) is 0 Å². The smallest absolute Gasteiger partial charge is 0.0685 e. The van der Waals surface area contributed by atoms with E-state index in [9.17, 15) is 0 Å². The second-order valence-corrected chi connectivity index (χ2v) is 6.76. The summed E-state index contributed by atoms with van der Waals surface area (Å²) in [5.41, 5.74) is 0.293. The Kier molecular flexibility index (Phi) is 5.70. The summed E-state index contributed by atoms with van der Waals surface area (Å²) in [4.78, 5) is 0. The van der Waals surface area contributed by atoms with Crippen LogP contribution in [-0.2, 0) is 4.74 Å². The second kappa shape index (κ2) is 7.08. The maximum atomic E-state index is 6.09. The minimum Gasteiger partial charge on any atom is -0.375 e. The van der Waals surface area contributed by atoms with Gasteiger partial charge in [-0.2, -0.15) is 0 Å². The first kappa shape index (κ1) is 15.3. The fourth-order valence-electron chi connectivity index (χ4n) is 4.25. The van der Waals surface area contributed by atoms with Gasteiger partial charge in [0, 0.05) is 12.6 Å². The van der Waals surface area contributed by atoms with E-state index < -0.39 is 0 Å². The molecule has 112 valence electrons. The number of hydrogen-bond donors (Lipinski definition) is 1. The summed E-state index contributed by atoms with van der Waals surface area (Å²) in [5.74, 6) is 1.69. The van der Waals surface area contributed by atoms with Crippen molar-refractivity contribution < 1.29 is 4.74 Å². The van der Waals surface area contributed by atoms with Crippen molar-refractivity contribution in [2.75, 3.05) is 13.7 Å². The number of ether oxygens (including phenoxy) is 1. The minimum absolute atomic E-state index is 0.293. The average molecular weight is 267 g/mol. The Morgan fingerprint density at radius 2 is 2.11 bits per heavy atom. The lowest BCUT2D eigenvalue weighted by molar-refractivity contribution is -0.149. The molecule has 3 unspecified atom stereocenters. The summed E-state index contributed by atoms with van der Waals surface area (Å²) in [5, 5.41) is 3.66. The molecular weight excluding hydrogens is 234 g/mol. The third-order valence-corrected chi connectivity index (χ3v) is 5.60. The van der Waals surface area contributed by atoms with E-state index in [1.165, 1.54) is 57.8 Å². The van der Waals surface area contributed by atoms with Gasteiger partial charge in [-0.05, 0) is 57.4 Å². The number of hydrogen-bond acceptors (Lipinski definition) is 2. The largest absolute Gasteiger partial charge is 0.375 e. The van der Waals surface area contributed by atoms with E-state index in [4.69, 9.17) is 4.74 Å². The van der Waals surface area contributed by atoms with Crippen LogP contribution in [0.1, 0.15) is 71.6 Å². The van der Waals surface area contributed by atoms with Gasteiger partial charge in [0.1, 0.15) is 0 Å². The Hall–Kier alpha value is -0.0800. The van der Waals surface area contributed by atoms with Crippen LogP contribution in [0.15, 0.2) is 0 Å². The van der Waals surface area contributed by atoms with Crippen LogP contribution in [0.4, 0.5) is 0 Å². The zero-order valence-electron chi connectivity index (χ0n) is 13.2. The Morgan fingerprint density at radius 3 is 2.63 bits per heavy atom. The van der Waals surface area contributed by atoms with Crippen LogP contribution < -0.4 is 5.32 Å². The molecule has 0 aromatic rings. The molecule has 1 spiro atoms. The molecule has 1 saturated heterocycles. The minimum atomic E-state index is 0.293. The number of rotatable bonds is 7. The predicted molar refractivity (Wildman–Crippen MR) is 81.4 cm³/mol. The summed E-state index contributed by atoms with van der Waals surface area (Å²) < 4.78 is 6.09. The summed E-state index contributed by atoms with van der Waals surface area (Å²) in [7, 11) is 2.17. The lowest BCUT2D eigenvalue weighted by Gasteiger charge is -2.49. The first-order valence-corrected chi connectivity index (χ1v) is 8.56. The molecule has 1 aliphatic heterocycles. The zero-order chi connectivity index (χ0) is 13.7. The molecule has 0 bridgehead atoms. The van der Waals surface area contributed by atoms with Gasteiger partial charge in [0.25, 0.3) is 0 Å². The highest BCUT2D eigenvalue weighted by atomic mass is 16.5. The fourth-order valence-corrected chi connectivity index (χ4v) is 4.25. The molecule has 19 heavy (non-hydrogen) atoms. The van der Waals surface area contributed by atoms with Crippen LogP contribution >= 0.6 is 0 Å². The molecule has 0 aromatic heterocycles. The van der Waals surface area contributed by atoms with Crippen LogP contribution in [0.3, 0.4) is 0 Å². The van der Waals surface area contributed by atoms with Gasteiger partial charge in [0.05, 0.1) is 5.60 Å². The normalized spacial score (nSPS) is 28.9. The molecule has 2 fully saturated rings. The molecule has 0 radical (unpaired) electrons. The van der Waals surface area contributed by atoms with E-state index in [2.05, 4.69) is 26.2 Å². The van der Waals surface area contributed by atoms with Gasteiger partial charge in [-0.3, -0.25) is 0 Å². The van der Waals surface area contributed by atoms with E-state index >= 15 is 0 Å². The van der Waals surface area contributed by atoms with Crippen molar-refractivity contribution in [2.45, 2.75) is 83.3 Å². The average Bonchev–Trinajstić information content (AvgIpc) is 2.42. The molecule has 1 N–H and O–H groups in total. The van der Waals surface area contributed by atoms with Crippen molar-refractivity contribution in [3.8, 4) is 0 Å². The third kappa shape index (κ3) is 3.52. The summed E-state index contributed by atoms with van der Waals surface area (Å²) in [6.07, 6.45) is 12.0. The Bertz CT molecular complexity index is 262. The lowest BCUT2D eigenvalue weighted by Crippen LogP contribution is -2.51. The Morgan fingerprint density at radius 1 is 1.32 bits per heavy atom. The molecule has 2 aliphatic rings. The molecule has 3 atom stereocenters. The van der Waals surface area contributed by atoms with Crippen molar-refractivity contribution in [2.24, 2.45) is 11.8 Å². The molecule has 1 heterocycles. The highest BCUT2D eigenvalue weighted by Crippen LogP contribution is 2.46. The molecule has 0 amide bonds. The SMILES string of the molecule is CCCCC(CC)C(NC)C1CCOC2(CCC2)C1. The third-order valence-electron chi connectivity index (χ3n) is 5.60. The van der Waals surface area contributed by atoms with Crippen molar-refractivity contribution >= 4 is 0 Å². The molecule has 2 rings (SSSR count). The van der Waals surface area contributed by atoms with Gasteiger partial charge < -0.3 is 10.1 Å². The second-order valence-electron chi connectivity index (χ2n) is 6.76. The standard InChI is InChI=1S/C17H33NO/c1-4-6-8-14(5-2)16(18-3)15-9-12-19-17(13-15)10-7-11-17/h14-16,18H,4-13H2,1-3H3.